The number of carbonyl (C=O) groups is 2. The molecule has 0 aromatic heterocycles. The van der Waals surface area contributed by atoms with Crippen molar-refractivity contribution in [3.63, 3.8) is 0 Å². The molecule has 0 fully saturated rings. The second kappa shape index (κ2) is 6.06. The summed E-state index contributed by atoms with van der Waals surface area (Å²) in [5.74, 6) is -0.814. The molecular weight excluding hydrogens is 352 g/mol. The van der Waals surface area contributed by atoms with Gasteiger partial charge in [-0.25, -0.2) is 0 Å². The number of hydrogen-bond acceptors (Lipinski definition) is 4. The van der Waals surface area contributed by atoms with Crippen LogP contribution in [0.4, 0.5) is 0 Å². The highest BCUT2D eigenvalue weighted by Crippen LogP contribution is 2.49. The van der Waals surface area contributed by atoms with Gasteiger partial charge in [0.05, 0.1) is 0 Å². The molecule has 0 heterocycles. The van der Waals surface area contributed by atoms with Crippen molar-refractivity contribution in [3.8, 4) is 0 Å². The number of hydrogen-bond donors (Lipinski definition) is 0. The molecule has 0 bridgehead atoms. The predicted octanol–water partition coefficient (Wildman–Crippen LogP) is 5.37. The largest absolute Gasteiger partial charge is 0.453 e. The van der Waals surface area contributed by atoms with Gasteiger partial charge in [0.1, 0.15) is 0 Å². The number of rotatable bonds is 2. The highest BCUT2D eigenvalue weighted by atomic mass is 16.6. The maximum absolute atomic E-state index is 11.9. The molecule has 0 N–H and O–H groups in total. The van der Waals surface area contributed by atoms with Gasteiger partial charge in [-0.3, -0.25) is 9.59 Å². The average molecular weight is 370 g/mol. The Balaban J connectivity index is 1.97. The molecule has 0 amide bonds. The summed E-state index contributed by atoms with van der Waals surface area (Å²) >= 11 is 0. The van der Waals surface area contributed by atoms with Crippen LogP contribution in [-0.4, -0.2) is 11.9 Å². The monoisotopic (exact) mass is 370 g/mol. The number of fused-ring (bicyclic) bond motifs is 2. The van der Waals surface area contributed by atoms with Crippen LogP contribution in [-0.2, 0) is 19.1 Å². The minimum absolute atomic E-state index is 0.407. The second-order valence-electron chi connectivity index (χ2n) is 7.18. The Labute approximate surface area is 161 Å². The van der Waals surface area contributed by atoms with Gasteiger partial charge in [0, 0.05) is 25.0 Å². The molecule has 1 aliphatic carbocycles. The third kappa shape index (κ3) is 2.38. The highest BCUT2D eigenvalue weighted by molar-refractivity contribution is 6.20. The Morgan fingerprint density at radius 1 is 0.679 bits per heavy atom. The van der Waals surface area contributed by atoms with Crippen molar-refractivity contribution in [2.45, 2.75) is 26.1 Å². The molecule has 4 heteroatoms. The Kier molecular flexibility index (Phi) is 3.63. The number of esters is 2. The smallest absolute Gasteiger partial charge is 0.303 e. The van der Waals surface area contributed by atoms with Gasteiger partial charge < -0.3 is 9.47 Å². The van der Waals surface area contributed by atoms with Crippen molar-refractivity contribution in [3.05, 3.63) is 71.8 Å². The van der Waals surface area contributed by atoms with Crippen LogP contribution in [0.5, 0.6) is 0 Å². The van der Waals surface area contributed by atoms with E-state index in [4.69, 9.17) is 9.47 Å². The zero-order chi connectivity index (χ0) is 19.4. The third-order valence-corrected chi connectivity index (χ3v) is 5.40. The third-order valence-electron chi connectivity index (χ3n) is 5.40. The van der Waals surface area contributed by atoms with E-state index in [1.54, 1.807) is 0 Å². The van der Waals surface area contributed by atoms with Gasteiger partial charge in [-0.2, -0.15) is 0 Å². The normalized spacial score (nSPS) is 17.9. The van der Waals surface area contributed by atoms with Crippen LogP contribution in [0.25, 0.3) is 32.3 Å². The van der Waals surface area contributed by atoms with Crippen molar-refractivity contribution in [1.29, 1.82) is 0 Å². The Hall–Kier alpha value is -3.40. The molecule has 0 radical (unpaired) electrons. The molecule has 0 unspecified atom stereocenters. The summed E-state index contributed by atoms with van der Waals surface area (Å²) in [5, 5.41) is 6.48. The minimum Gasteiger partial charge on any atom is -0.453 e. The Morgan fingerprint density at radius 2 is 1.36 bits per heavy atom. The summed E-state index contributed by atoms with van der Waals surface area (Å²) in [6.45, 7) is 2.76. The van der Waals surface area contributed by atoms with Crippen molar-refractivity contribution in [1.82, 2.24) is 0 Å². The molecule has 4 aromatic carbocycles. The van der Waals surface area contributed by atoms with E-state index in [0.717, 1.165) is 43.4 Å². The quantitative estimate of drug-likeness (QED) is 0.352. The summed E-state index contributed by atoms with van der Waals surface area (Å²) in [5.41, 5.74) is 1.74. The van der Waals surface area contributed by atoms with E-state index in [2.05, 4.69) is 24.3 Å². The van der Waals surface area contributed by atoms with E-state index >= 15 is 0 Å². The maximum Gasteiger partial charge on any atom is 0.303 e. The molecule has 0 spiro atoms. The van der Waals surface area contributed by atoms with E-state index in [1.165, 1.54) is 13.8 Å². The lowest BCUT2D eigenvalue weighted by molar-refractivity contribution is -0.166. The summed E-state index contributed by atoms with van der Waals surface area (Å²) in [6.07, 6.45) is -1.36. The van der Waals surface area contributed by atoms with Crippen LogP contribution in [0.3, 0.4) is 0 Å². The van der Waals surface area contributed by atoms with Crippen LogP contribution >= 0.6 is 0 Å². The maximum atomic E-state index is 11.9. The predicted molar refractivity (Wildman–Crippen MR) is 108 cm³/mol. The fourth-order valence-corrected chi connectivity index (χ4v) is 4.44. The van der Waals surface area contributed by atoms with Crippen LogP contribution in [0, 0.1) is 0 Å². The summed E-state index contributed by atoms with van der Waals surface area (Å²) in [4.78, 5) is 23.8. The van der Waals surface area contributed by atoms with Crippen LogP contribution in [0.1, 0.15) is 37.2 Å². The fourth-order valence-electron chi connectivity index (χ4n) is 4.44. The lowest BCUT2D eigenvalue weighted by atomic mass is 9.81. The summed E-state index contributed by atoms with van der Waals surface area (Å²) in [6, 6.07) is 20.4. The summed E-state index contributed by atoms with van der Waals surface area (Å²) in [7, 11) is 0. The lowest BCUT2D eigenvalue weighted by Crippen LogP contribution is -2.24. The number of benzene rings is 4. The zero-order valence-electron chi connectivity index (χ0n) is 15.6. The molecule has 138 valence electrons. The fraction of sp³-hybridized carbons (Fsp3) is 0.167. The first-order chi connectivity index (χ1) is 13.5. The average Bonchev–Trinajstić information content (AvgIpc) is 2.68. The van der Waals surface area contributed by atoms with Gasteiger partial charge in [-0.05, 0) is 38.4 Å². The van der Waals surface area contributed by atoms with Gasteiger partial charge in [-0.15, -0.1) is 0 Å². The molecule has 1 aliphatic rings. The first kappa shape index (κ1) is 16.8. The van der Waals surface area contributed by atoms with Gasteiger partial charge in [0.25, 0.3) is 0 Å². The van der Waals surface area contributed by atoms with Crippen molar-refractivity contribution >= 4 is 44.3 Å². The lowest BCUT2D eigenvalue weighted by Gasteiger charge is -2.33. The topological polar surface area (TPSA) is 52.6 Å². The summed E-state index contributed by atoms with van der Waals surface area (Å²) < 4.78 is 11.4. The molecule has 0 saturated heterocycles. The van der Waals surface area contributed by atoms with E-state index in [0.29, 0.717) is 0 Å². The highest BCUT2D eigenvalue weighted by Gasteiger charge is 2.37. The van der Waals surface area contributed by atoms with Gasteiger partial charge in [-0.1, -0.05) is 54.6 Å². The standard InChI is InChI=1S/C24H18O4/c1-13(25)27-23-19-9-5-7-15-10-11-18-17-8-4-3-6-16(17)12-20(22(18)21(15)19)24(23)28-14(2)26/h3-12,23-24H,1-2H3/t23-,24+/m1/s1. The molecule has 4 aromatic rings. The molecule has 4 nitrogen and oxygen atoms in total. The van der Waals surface area contributed by atoms with Crippen molar-refractivity contribution in [2.75, 3.05) is 0 Å². The Bertz CT molecular complexity index is 1290. The van der Waals surface area contributed by atoms with Gasteiger partial charge >= 0.3 is 11.9 Å². The van der Waals surface area contributed by atoms with Crippen molar-refractivity contribution < 1.29 is 19.1 Å². The first-order valence-corrected chi connectivity index (χ1v) is 9.26. The van der Waals surface area contributed by atoms with Crippen molar-refractivity contribution in [2.24, 2.45) is 0 Å². The van der Waals surface area contributed by atoms with E-state index in [-0.39, 0.29) is 0 Å². The van der Waals surface area contributed by atoms with Gasteiger partial charge in [0.2, 0.25) is 0 Å². The molecule has 0 saturated carbocycles. The number of carbonyl (C=O) groups excluding carboxylic acids is 2. The van der Waals surface area contributed by atoms with Crippen LogP contribution < -0.4 is 0 Å². The molecule has 5 rings (SSSR count). The Morgan fingerprint density at radius 3 is 2.11 bits per heavy atom. The van der Waals surface area contributed by atoms with E-state index < -0.39 is 24.1 Å². The van der Waals surface area contributed by atoms with E-state index in [9.17, 15) is 9.59 Å². The molecular formula is C24H18O4. The van der Waals surface area contributed by atoms with Crippen LogP contribution in [0.2, 0.25) is 0 Å². The SMILES string of the molecule is CC(=O)O[C@@H]1c2cccc3ccc4c5ccccc5cc(c4c23)[C@@H]1OC(C)=O. The zero-order valence-corrected chi connectivity index (χ0v) is 15.6. The van der Waals surface area contributed by atoms with E-state index in [1.807, 2.05) is 36.4 Å². The molecule has 28 heavy (non-hydrogen) atoms. The molecule has 2 atom stereocenters. The molecule has 0 aliphatic heterocycles. The number of ether oxygens (including phenoxy) is 2. The second-order valence-corrected chi connectivity index (χ2v) is 7.18. The first-order valence-electron chi connectivity index (χ1n) is 9.26. The van der Waals surface area contributed by atoms with Crippen LogP contribution in [0.15, 0.2) is 60.7 Å². The minimum atomic E-state index is -0.686. The van der Waals surface area contributed by atoms with Gasteiger partial charge in [0.15, 0.2) is 12.2 Å².